The largest absolute Gasteiger partial charge is 0.461 e. The fraction of sp³-hybridized carbons (Fsp3) is 0.200. The predicted octanol–water partition coefficient (Wildman–Crippen LogP) is 3.17. The second-order valence-electron chi connectivity index (χ2n) is 5.89. The first-order valence-corrected chi connectivity index (χ1v) is 8.43. The lowest BCUT2D eigenvalue weighted by Crippen LogP contribution is -2.18. The Morgan fingerprint density at radius 3 is 2.38 bits per heavy atom. The second kappa shape index (κ2) is 7.74. The van der Waals surface area contributed by atoms with E-state index in [1.807, 2.05) is 53.4 Å². The van der Waals surface area contributed by atoms with Gasteiger partial charge in [0, 0.05) is 31.3 Å². The number of carbonyl (C=O) groups excluding carboxylic acids is 2. The molecule has 6 nitrogen and oxygen atoms in total. The number of esters is 1. The molecule has 134 valence electrons. The number of ether oxygens (including phenoxy) is 1. The van der Waals surface area contributed by atoms with E-state index in [4.69, 9.17) is 4.74 Å². The summed E-state index contributed by atoms with van der Waals surface area (Å²) >= 11 is 0. The lowest BCUT2D eigenvalue weighted by atomic mass is 10.1. The van der Waals surface area contributed by atoms with Crippen molar-refractivity contribution < 1.29 is 14.3 Å². The summed E-state index contributed by atoms with van der Waals surface area (Å²) in [6.45, 7) is 2.03. The highest BCUT2D eigenvalue weighted by atomic mass is 16.5. The van der Waals surface area contributed by atoms with Gasteiger partial charge in [0.25, 0.3) is 0 Å². The smallest absolute Gasteiger partial charge is 0.357 e. The number of aromatic nitrogens is 2. The van der Waals surface area contributed by atoms with Crippen molar-refractivity contribution in [3.63, 3.8) is 0 Å². The van der Waals surface area contributed by atoms with Crippen LogP contribution in [-0.2, 0) is 23.0 Å². The molecule has 0 unspecified atom stereocenters. The molecule has 0 atom stereocenters. The molecular formula is C20H21N3O3. The van der Waals surface area contributed by atoms with Crippen molar-refractivity contribution in [2.45, 2.75) is 13.3 Å². The van der Waals surface area contributed by atoms with Crippen LogP contribution in [0.5, 0.6) is 0 Å². The van der Waals surface area contributed by atoms with Crippen LogP contribution in [-0.4, -0.2) is 27.6 Å². The molecule has 0 saturated carbocycles. The standard InChI is InChI=1S/C20H21N3O3/c1-3-26-20(25)19-17(10-13-22(19)2)21-18(24)14-15-6-8-16(9-7-15)23-11-4-5-12-23/h4-13H,3,14H2,1-2H3,(H,21,24). The lowest BCUT2D eigenvalue weighted by Gasteiger charge is -2.09. The Morgan fingerprint density at radius 1 is 1.04 bits per heavy atom. The van der Waals surface area contributed by atoms with Gasteiger partial charge in [0.05, 0.1) is 18.7 Å². The van der Waals surface area contributed by atoms with Crippen molar-refractivity contribution in [2.75, 3.05) is 11.9 Å². The van der Waals surface area contributed by atoms with Crippen molar-refractivity contribution in [2.24, 2.45) is 7.05 Å². The van der Waals surface area contributed by atoms with E-state index < -0.39 is 5.97 Å². The number of amides is 1. The Hall–Kier alpha value is -3.28. The van der Waals surface area contributed by atoms with Gasteiger partial charge in [0.2, 0.25) is 5.91 Å². The average molecular weight is 351 g/mol. The summed E-state index contributed by atoms with van der Waals surface area (Å²) in [6, 6.07) is 13.4. The molecular weight excluding hydrogens is 330 g/mol. The summed E-state index contributed by atoms with van der Waals surface area (Å²) in [7, 11) is 1.74. The maximum atomic E-state index is 12.4. The van der Waals surface area contributed by atoms with E-state index in [0.717, 1.165) is 11.3 Å². The minimum absolute atomic E-state index is 0.185. The van der Waals surface area contributed by atoms with E-state index in [2.05, 4.69) is 5.32 Å². The maximum Gasteiger partial charge on any atom is 0.357 e. The third kappa shape index (κ3) is 3.85. The minimum Gasteiger partial charge on any atom is -0.461 e. The third-order valence-corrected chi connectivity index (χ3v) is 4.02. The van der Waals surface area contributed by atoms with E-state index in [0.29, 0.717) is 11.4 Å². The number of nitrogens with one attached hydrogen (secondary N) is 1. The van der Waals surface area contributed by atoms with Crippen molar-refractivity contribution in [1.82, 2.24) is 9.13 Å². The van der Waals surface area contributed by atoms with Gasteiger partial charge in [-0.25, -0.2) is 4.79 Å². The van der Waals surface area contributed by atoms with Gasteiger partial charge in [0.15, 0.2) is 5.69 Å². The maximum absolute atomic E-state index is 12.4. The summed E-state index contributed by atoms with van der Waals surface area (Å²) in [5, 5.41) is 2.80. The van der Waals surface area contributed by atoms with Crippen LogP contribution in [0, 0.1) is 0 Å². The van der Waals surface area contributed by atoms with E-state index in [9.17, 15) is 9.59 Å². The van der Waals surface area contributed by atoms with Crippen LogP contribution in [0.3, 0.4) is 0 Å². The van der Waals surface area contributed by atoms with Crippen molar-refractivity contribution in [3.05, 3.63) is 72.3 Å². The Morgan fingerprint density at radius 2 is 1.73 bits per heavy atom. The summed E-state index contributed by atoms with van der Waals surface area (Å²) in [6.07, 6.45) is 5.87. The highest BCUT2D eigenvalue weighted by Crippen LogP contribution is 2.18. The first-order valence-electron chi connectivity index (χ1n) is 8.43. The molecule has 1 N–H and O–H groups in total. The molecule has 1 aromatic carbocycles. The molecule has 0 aliphatic heterocycles. The SMILES string of the molecule is CCOC(=O)c1c(NC(=O)Cc2ccc(-n3cccc3)cc2)ccn1C. The van der Waals surface area contributed by atoms with Crippen LogP contribution in [0.1, 0.15) is 23.0 Å². The number of hydrogen-bond donors (Lipinski definition) is 1. The fourth-order valence-electron chi connectivity index (χ4n) is 2.76. The minimum atomic E-state index is -0.452. The first-order chi connectivity index (χ1) is 12.6. The molecule has 0 saturated heterocycles. The number of rotatable bonds is 6. The number of carbonyl (C=O) groups is 2. The van der Waals surface area contributed by atoms with E-state index in [-0.39, 0.29) is 18.9 Å². The van der Waals surface area contributed by atoms with Crippen molar-refractivity contribution in [1.29, 1.82) is 0 Å². The van der Waals surface area contributed by atoms with Crippen LogP contribution in [0.15, 0.2) is 61.1 Å². The molecule has 0 fully saturated rings. The highest BCUT2D eigenvalue weighted by Gasteiger charge is 2.18. The van der Waals surface area contributed by atoms with Gasteiger partial charge in [-0.15, -0.1) is 0 Å². The Kier molecular flexibility index (Phi) is 5.22. The van der Waals surface area contributed by atoms with Crippen molar-refractivity contribution in [3.8, 4) is 5.69 Å². The summed E-state index contributed by atoms with van der Waals surface area (Å²) < 4.78 is 8.68. The predicted molar refractivity (Wildman–Crippen MR) is 99.5 cm³/mol. The van der Waals surface area contributed by atoms with Gasteiger partial charge < -0.3 is 19.2 Å². The molecule has 1 amide bonds. The number of benzene rings is 1. The van der Waals surface area contributed by atoms with E-state index >= 15 is 0 Å². The number of hydrogen-bond acceptors (Lipinski definition) is 3. The molecule has 3 aromatic rings. The Balaban J connectivity index is 1.67. The van der Waals surface area contributed by atoms with Crippen LogP contribution in [0.25, 0.3) is 5.69 Å². The molecule has 2 aromatic heterocycles. The molecule has 0 radical (unpaired) electrons. The van der Waals surface area contributed by atoms with E-state index in [1.54, 1.807) is 30.8 Å². The highest BCUT2D eigenvalue weighted by molar-refractivity contribution is 6.00. The topological polar surface area (TPSA) is 65.3 Å². The quantitative estimate of drug-likeness (QED) is 0.694. The zero-order valence-corrected chi connectivity index (χ0v) is 14.8. The van der Waals surface area contributed by atoms with Crippen LogP contribution in [0.4, 0.5) is 5.69 Å². The third-order valence-electron chi connectivity index (χ3n) is 4.02. The number of nitrogens with zero attached hydrogens (tertiary/aromatic N) is 2. The molecule has 26 heavy (non-hydrogen) atoms. The molecule has 0 spiro atoms. The Bertz CT molecular complexity index is 893. The monoisotopic (exact) mass is 351 g/mol. The normalized spacial score (nSPS) is 10.5. The van der Waals surface area contributed by atoms with Gasteiger partial charge in [-0.2, -0.15) is 0 Å². The second-order valence-corrected chi connectivity index (χ2v) is 5.89. The van der Waals surface area contributed by atoms with Gasteiger partial charge in [-0.05, 0) is 42.8 Å². The first kappa shape index (κ1) is 17.5. The lowest BCUT2D eigenvalue weighted by molar-refractivity contribution is -0.115. The van der Waals surface area contributed by atoms with Crippen LogP contribution in [0.2, 0.25) is 0 Å². The molecule has 0 aliphatic rings. The van der Waals surface area contributed by atoms with Gasteiger partial charge >= 0.3 is 5.97 Å². The zero-order chi connectivity index (χ0) is 18.5. The zero-order valence-electron chi connectivity index (χ0n) is 14.8. The molecule has 0 bridgehead atoms. The summed E-state index contributed by atoms with van der Waals surface area (Å²) in [5.74, 6) is -0.637. The fourth-order valence-corrected chi connectivity index (χ4v) is 2.76. The van der Waals surface area contributed by atoms with Crippen LogP contribution < -0.4 is 5.32 Å². The molecule has 3 rings (SSSR count). The number of aryl methyl sites for hydroxylation is 1. The molecule has 2 heterocycles. The van der Waals surface area contributed by atoms with Gasteiger partial charge in [-0.3, -0.25) is 4.79 Å². The van der Waals surface area contributed by atoms with Crippen molar-refractivity contribution >= 4 is 17.6 Å². The average Bonchev–Trinajstić information content (AvgIpc) is 3.26. The van der Waals surface area contributed by atoms with E-state index in [1.165, 1.54) is 0 Å². The summed E-state index contributed by atoms with van der Waals surface area (Å²) in [4.78, 5) is 24.4. The Labute approximate surface area is 152 Å². The summed E-state index contributed by atoms with van der Waals surface area (Å²) in [5.41, 5.74) is 2.72. The van der Waals surface area contributed by atoms with Gasteiger partial charge in [-0.1, -0.05) is 12.1 Å². The number of anilines is 1. The van der Waals surface area contributed by atoms with Gasteiger partial charge in [0.1, 0.15) is 0 Å². The molecule has 0 aliphatic carbocycles. The van der Waals surface area contributed by atoms with Crippen LogP contribution >= 0.6 is 0 Å². The molecule has 6 heteroatoms.